The first kappa shape index (κ1) is 14.0. The van der Waals surface area contributed by atoms with Crippen molar-refractivity contribution in [2.24, 2.45) is 17.8 Å². The minimum Gasteiger partial charge on any atom is -0.294 e. The number of hydrogen-bond acceptors (Lipinski definition) is 1. The van der Waals surface area contributed by atoms with E-state index in [-0.39, 0.29) is 17.5 Å². The summed E-state index contributed by atoms with van der Waals surface area (Å²) >= 11 is 0. The van der Waals surface area contributed by atoms with Gasteiger partial charge >= 0.3 is 0 Å². The molecule has 0 unspecified atom stereocenters. The van der Waals surface area contributed by atoms with Gasteiger partial charge in [0.25, 0.3) is 0 Å². The van der Waals surface area contributed by atoms with Gasteiger partial charge in [-0.05, 0) is 54.0 Å². The predicted octanol–water partition coefficient (Wildman–Crippen LogP) is 4.48. The third-order valence-electron chi connectivity index (χ3n) is 4.06. The summed E-state index contributed by atoms with van der Waals surface area (Å²) in [4.78, 5) is 12.5. The van der Waals surface area contributed by atoms with Gasteiger partial charge in [0.05, 0.1) is 0 Å². The van der Waals surface area contributed by atoms with Crippen LogP contribution in [-0.2, 0) is 4.79 Å². The maximum Gasteiger partial charge on any atom is 0.162 e. The van der Waals surface area contributed by atoms with E-state index in [2.05, 4.69) is 20.8 Å². The van der Waals surface area contributed by atoms with Gasteiger partial charge in [0.2, 0.25) is 0 Å². The Morgan fingerprint density at radius 2 is 1.84 bits per heavy atom. The molecule has 0 saturated heterocycles. The van der Waals surface area contributed by atoms with E-state index in [0.29, 0.717) is 11.8 Å². The number of Topliss-reactive ketones (excluding diaryl/α,β-unsaturated/α-hetero) is 1. The molecule has 1 aliphatic rings. The molecule has 1 nitrogen and oxygen atoms in total. The molecule has 2 heteroatoms. The highest BCUT2D eigenvalue weighted by Gasteiger charge is 2.32. The highest BCUT2D eigenvalue weighted by Crippen LogP contribution is 2.35. The molecule has 102 valence electrons. The van der Waals surface area contributed by atoms with Crippen LogP contribution in [0.5, 0.6) is 0 Å². The topological polar surface area (TPSA) is 17.1 Å². The van der Waals surface area contributed by atoms with Crippen molar-refractivity contribution in [1.82, 2.24) is 0 Å². The van der Waals surface area contributed by atoms with E-state index in [0.717, 1.165) is 24.0 Å². The number of rotatable bonds is 2. The largest absolute Gasteiger partial charge is 0.294 e. The monoisotopic (exact) mass is 260 g/mol. The lowest BCUT2D eigenvalue weighted by molar-refractivity contribution is -0.122. The smallest absolute Gasteiger partial charge is 0.162 e. The van der Waals surface area contributed by atoms with Crippen molar-refractivity contribution in [3.8, 4) is 0 Å². The van der Waals surface area contributed by atoms with Gasteiger partial charge < -0.3 is 0 Å². The fourth-order valence-electron chi connectivity index (χ4n) is 2.76. The summed E-state index contributed by atoms with van der Waals surface area (Å²) < 4.78 is 12.9. The Morgan fingerprint density at radius 3 is 2.42 bits per heavy atom. The first-order valence-corrected chi connectivity index (χ1v) is 7.00. The van der Waals surface area contributed by atoms with Crippen LogP contribution < -0.4 is 0 Å². The summed E-state index contributed by atoms with van der Waals surface area (Å²) in [7, 11) is 0. The first-order chi connectivity index (χ1) is 8.99. The molecule has 0 amide bonds. The van der Waals surface area contributed by atoms with Crippen LogP contribution >= 0.6 is 0 Å². The number of ketones is 1. The van der Waals surface area contributed by atoms with Crippen LogP contribution in [0.4, 0.5) is 4.39 Å². The Balaban J connectivity index is 2.29. The number of carbonyl (C=O) groups excluding carboxylic acids is 1. The normalized spacial score (nSPS) is 26.2. The van der Waals surface area contributed by atoms with Gasteiger partial charge in [0.15, 0.2) is 5.78 Å². The van der Waals surface area contributed by atoms with Gasteiger partial charge in [-0.3, -0.25) is 4.79 Å². The van der Waals surface area contributed by atoms with E-state index in [1.165, 1.54) is 12.1 Å². The molecule has 0 spiro atoms. The minimum absolute atomic E-state index is 0.142. The van der Waals surface area contributed by atoms with E-state index in [9.17, 15) is 9.18 Å². The summed E-state index contributed by atoms with van der Waals surface area (Å²) in [5.74, 6) is 0.857. The third-order valence-corrected chi connectivity index (χ3v) is 4.06. The van der Waals surface area contributed by atoms with E-state index in [4.69, 9.17) is 0 Å². The molecule has 2 atom stereocenters. The molecular weight excluding hydrogens is 239 g/mol. The lowest BCUT2D eigenvalue weighted by Gasteiger charge is -2.30. The quantitative estimate of drug-likeness (QED) is 0.716. The highest BCUT2D eigenvalue weighted by molar-refractivity contribution is 6.02. The maximum absolute atomic E-state index is 12.9. The Morgan fingerprint density at radius 1 is 1.21 bits per heavy atom. The van der Waals surface area contributed by atoms with E-state index >= 15 is 0 Å². The Bertz CT molecular complexity index is 484. The molecule has 0 radical (unpaired) electrons. The SMILES string of the molecule is CC(C)[C@H]1CC[C@H](C)C(=Cc2ccc(F)cc2)C1=O. The van der Waals surface area contributed by atoms with Gasteiger partial charge in [-0.1, -0.05) is 32.9 Å². The molecule has 2 rings (SSSR count). The molecule has 1 fully saturated rings. The van der Waals surface area contributed by atoms with E-state index in [1.54, 1.807) is 12.1 Å². The van der Waals surface area contributed by atoms with Gasteiger partial charge in [-0.25, -0.2) is 4.39 Å². The van der Waals surface area contributed by atoms with Crippen molar-refractivity contribution < 1.29 is 9.18 Å². The average molecular weight is 260 g/mol. The second kappa shape index (κ2) is 5.68. The molecule has 1 aromatic rings. The fourth-order valence-corrected chi connectivity index (χ4v) is 2.76. The summed E-state index contributed by atoms with van der Waals surface area (Å²) in [5, 5.41) is 0. The summed E-state index contributed by atoms with van der Waals surface area (Å²) in [6.45, 7) is 6.31. The van der Waals surface area contributed by atoms with Gasteiger partial charge in [-0.2, -0.15) is 0 Å². The van der Waals surface area contributed by atoms with Crippen LogP contribution in [0.1, 0.15) is 39.2 Å². The van der Waals surface area contributed by atoms with Crippen LogP contribution in [0.2, 0.25) is 0 Å². The first-order valence-electron chi connectivity index (χ1n) is 7.00. The van der Waals surface area contributed by atoms with Crippen LogP contribution in [0, 0.1) is 23.6 Å². The lowest BCUT2D eigenvalue weighted by Crippen LogP contribution is -2.30. The van der Waals surface area contributed by atoms with E-state index in [1.807, 2.05) is 6.08 Å². The number of benzene rings is 1. The predicted molar refractivity (Wildman–Crippen MR) is 76.1 cm³/mol. The fraction of sp³-hybridized carbons (Fsp3) is 0.471. The molecule has 0 aliphatic heterocycles. The zero-order valence-electron chi connectivity index (χ0n) is 11.8. The average Bonchev–Trinajstić information content (AvgIpc) is 2.36. The second-order valence-corrected chi connectivity index (χ2v) is 5.84. The third kappa shape index (κ3) is 3.12. The summed E-state index contributed by atoms with van der Waals surface area (Å²) in [6.07, 6.45) is 3.97. The maximum atomic E-state index is 12.9. The van der Waals surface area contributed by atoms with Crippen molar-refractivity contribution in [2.75, 3.05) is 0 Å². The highest BCUT2D eigenvalue weighted by atomic mass is 19.1. The summed E-state index contributed by atoms with van der Waals surface area (Å²) in [5.41, 5.74) is 1.80. The molecular formula is C17H21FO. The zero-order valence-corrected chi connectivity index (χ0v) is 11.8. The number of allylic oxidation sites excluding steroid dienone is 1. The standard InChI is InChI=1S/C17H21FO/c1-11(2)15-9-4-12(3)16(17(15)19)10-13-5-7-14(18)8-6-13/h5-8,10-12,15H,4,9H2,1-3H3/t12-,15+/m0/s1. The van der Waals surface area contributed by atoms with Crippen molar-refractivity contribution in [1.29, 1.82) is 0 Å². The van der Waals surface area contributed by atoms with Gasteiger partial charge in [0, 0.05) is 5.92 Å². The second-order valence-electron chi connectivity index (χ2n) is 5.84. The van der Waals surface area contributed by atoms with Gasteiger partial charge in [0.1, 0.15) is 5.82 Å². The molecule has 1 saturated carbocycles. The van der Waals surface area contributed by atoms with Crippen molar-refractivity contribution >= 4 is 11.9 Å². The summed E-state index contributed by atoms with van der Waals surface area (Å²) in [6, 6.07) is 6.32. The molecule has 0 bridgehead atoms. The van der Waals surface area contributed by atoms with Crippen LogP contribution in [0.25, 0.3) is 6.08 Å². The molecule has 0 N–H and O–H groups in total. The Hall–Kier alpha value is -1.44. The molecule has 0 heterocycles. The number of hydrogen-bond donors (Lipinski definition) is 0. The van der Waals surface area contributed by atoms with Crippen molar-refractivity contribution in [3.63, 3.8) is 0 Å². The van der Waals surface area contributed by atoms with Gasteiger partial charge in [-0.15, -0.1) is 0 Å². The molecule has 1 aromatic carbocycles. The lowest BCUT2D eigenvalue weighted by atomic mass is 9.73. The van der Waals surface area contributed by atoms with Crippen molar-refractivity contribution in [3.05, 3.63) is 41.2 Å². The van der Waals surface area contributed by atoms with Crippen LogP contribution in [-0.4, -0.2) is 5.78 Å². The Labute approximate surface area is 114 Å². The molecule has 1 aliphatic carbocycles. The number of carbonyl (C=O) groups is 1. The van der Waals surface area contributed by atoms with Crippen LogP contribution in [0.15, 0.2) is 29.8 Å². The van der Waals surface area contributed by atoms with Crippen LogP contribution in [0.3, 0.4) is 0 Å². The Kier molecular flexibility index (Phi) is 4.18. The number of halogens is 1. The zero-order chi connectivity index (χ0) is 14.0. The van der Waals surface area contributed by atoms with E-state index < -0.39 is 0 Å². The minimum atomic E-state index is -0.245. The van der Waals surface area contributed by atoms with Crippen molar-refractivity contribution in [2.45, 2.75) is 33.6 Å². The molecule has 0 aromatic heterocycles. The molecule has 19 heavy (non-hydrogen) atoms.